The van der Waals surface area contributed by atoms with Crippen LogP contribution in [0.1, 0.15) is 24.4 Å². The topological polar surface area (TPSA) is 27.1 Å². The quantitative estimate of drug-likeness (QED) is 0.747. The van der Waals surface area contributed by atoms with E-state index in [1.807, 2.05) is 24.4 Å². The predicted octanol–water partition coefficient (Wildman–Crippen LogP) is 1.06. The van der Waals surface area contributed by atoms with E-state index in [0.717, 1.165) is 6.42 Å². The number of nitrogens with zero attached hydrogens (tertiary/aromatic N) is 2. The second-order valence-corrected chi connectivity index (χ2v) is 4.98. The van der Waals surface area contributed by atoms with Gasteiger partial charge in [0.1, 0.15) is 7.85 Å². The zero-order chi connectivity index (χ0) is 12.4. The molecule has 1 saturated carbocycles. The molecule has 92 valence electrons. The summed E-state index contributed by atoms with van der Waals surface area (Å²) in [4.78, 5) is 0. The third kappa shape index (κ3) is 2.34. The summed E-state index contributed by atoms with van der Waals surface area (Å²) in [5, 5.41) is 4.38. The van der Waals surface area contributed by atoms with Crippen LogP contribution in [0.5, 0.6) is 0 Å². The second kappa shape index (κ2) is 4.98. The lowest BCUT2D eigenvalue weighted by Gasteiger charge is -2.36. The van der Waals surface area contributed by atoms with Crippen molar-refractivity contribution in [2.45, 2.75) is 31.6 Å². The Kier molecular flexibility index (Phi) is 3.20. The number of aromatic nitrogens is 2. The predicted molar refractivity (Wildman–Crippen MR) is 73.7 cm³/mol. The van der Waals surface area contributed by atoms with Gasteiger partial charge in [-0.2, -0.15) is 5.10 Å². The van der Waals surface area contributed by atoms with Crippen LogP contribution in [0.25, 0.3) is 0 Å². The molecule has 3 nitrogen and oxygen atoms in total. The molecule has 0 saturated heterocycles. The van der Waals surface area contributed by atoms with Crippen LogP contribution in [0.15, 0.2) is 42.7 Å². The van der Waals surface area contributed by atoms with Crippen LogP contribution in [0.4, 0.5) is 0 Å². The maximum absolute atomic E-state index is 5.98. The molecule has 1 heterocycles. The van der Waals surface area contributed by atoms with Crippen LogP contribution in [-0.2, 0) is 11.3 Å². The lowest BCUT2D eigenvalue weighted by Crippen LogP contribution is -2.36. The minimum atomic E-state index is 0.310. The standard InChI is InChI=1S/C14H17BN2O/c15-12-8-16-17(9-12)13-6-7-14(13)18-10-11-4-2-1-3-5-11/h1-5,8-9,13-14H,6-7,10,15H2/t13-,14-/m0/s1. The Morgan fingerprint density at radius 1 is 1.28 bits per heavy atom. The molecule has 0 spiro atoms. The highest BCUT2D eigenvalue weighted by Crippen LogP contribution is 2.34. The van der Waals surface area contributed by atoms with Crippen molar-refractivity contribution in [1.29, 1.82) is 0 Å². The van der Waals surface area contributed by atoms with Crippen molar-refractivity contribution in [2.75, 3.05) is 0 Å². The third-order valence-electron chi connectivity index (χ3n) is 3.55. The summed E-state index contributed by atoms with van der Waals surface area (Å²) in [6, 6.07) is 10.8. The van der Waals surface area contributed by atoms with Gasteiger partial charge in [0, 0.05) is 12.4 Å². The van der Waals surface area contributed by atoms with Crippen LogP contribution >= 0.6 is 0 Å². The summed E-state index contributed by atoms with van der Waals surface area (Å²) in [6.07, 6.45) is 6.62. The monoisotopic (exact) mass is 240 g/mol. The molecule has 3 rings (SSSR count). The van der Waals surface area contributed by atoms with Gasteiger partial charge in [-0.3, -0.25) is 4.68 Å². The van der Waals surface area contributed by atoms with E-state index >= 15 is 0 Å². The van der Waals surface area contributed by atoms with Crippen molar-refractivity contribution in [1.82, 2.24) is 9.78 Å². The molecule has 18 heavy (non-hydrogen) atoms. The van der Waals surface area contributed by atoms with E-state index in [1.165, 1.54) is 17.4 Å². The first-order valence-electron chi connectivity index (χ1n) is 6.49. The van der Waals surface area contributed by atoms with Crippen LogP contribution in [0.2, 0.25) is 0 Å². The highest BCUT2D eigenvalue weighted by Gasteiger charge is 2.33. The van der Waals surface area contributed by atoms with Gasteiger partial charge in [-0.25, -0.2) is 0 Å². The van der Waals surface area contributed by atoms with Crippen molar-refractivity contribution in [3.8, 4) is 0 Å². The summed E-state index contributed by atoms with van der Waals surface area (Å²) in [5.74, 6) is 0. The molecule has 4 heteroatoms. The van der Waals surface area contributed by atoms with Gasteiger partial charge in [-0.05, 0) is 18.4 Å². The molecular weight excluding hydrogens is 223 g/mol. The fourth-order valence-electron chi connectivity index (χ4n) is 2.34. The van der Waals surface area contributed by atoms with E-state index in [0.29, 0.717) is 18.8 Å². The average Bonchev–Trinajstić information content (AvgIpc) is 2.76. The molecule has 0 unspecified atom stereocenters. The molecule has 1 aromatic carbocycles. The zero-order valence-electron chi connectivity index (χ0n) is 10.6. The first-order valence-corrected chi connectivity index (χ1v) is 6.49. The van der Waals surface area contributed by atoms with Crippen LogP contribution < -0.4 is 5.46 Å². The smallest absolute Gasteiger partial charge is 0.143 e. The van der Waals surface area contributed by atoms with E-state index < -0.39 is 0 Å². The minimum Gasteiger partial charge on any atom is -0.371 e. The van der Waals surface area contributed by atoms with Crippen LogP contribution in [0.3, 0.4) is 0 Å². The van der Waals surface area contributed by atoms with E-state index in [9.17, 15) is 0 Å². The Morgan fingerprint density at radius 2 is 2.11 bits per heavy atom. The Labute approximate surface area is 108 Å². The van der Waals surface area contributed by atoms with Gasteiger partial charge in [0.2, 0.25) is 0 Å². The van der Waals surface area contributed by atoms with Crippen molar-refractivity contribution in [2.24, 2.45) is 0 Å². The van der Waals surface area contributed by atoms with Gasteiger partial charge in [0.25, 0.3) is 0 Å². The van der Waals surface area contributed by atoms with Crippen molar-refractivity contribution >= 4 is 13.3 Å². The molecular formula is C14H17BN2O. The van der Waals surface area contributed by atoms with Gasteiger partial charge < -0.3 is 4.74 Å². The number of hydrogen-bond donors (Lipinski definition) is 0. The Morgan fingerprint density at radius 3 is 2.72 bits per heavy atom. The number of hydrogen-bond acceptors (Lipinski definition) is 2. The summed E-state index contributed by atoms with van der Waals surface area (Å²) >= 11 is 0. The van der Waals surface area contributed by atoms with E-state index in [-0.39, 0.29) is 0 Å². The SMILES string of the molecule is Bc1cnn([C@H]2CC[C@@H]2OCc2ccccc2)c1. The van der Waals surface area contributed by atoms with E-state index in [2.05, 4.69) is 36.0 Å². The second-order valence-electron chi connectivity index (χ2n) is 4.98. The summed E-state index contributed by atoms with van der Waals surface area (Å²) in [6.45, 7) is 0.697. The summed E-state index contributed by atoms with van der Waals surface area (Å²) < 4.78 is 8.03. The summed E-state index contributed by atoms with van der Waals surface area (Å²) in [5.41, 5.74) is 2.45. The molecule has 0 aliphatic heterocycles. The molecule has 0 radical (unpaired) electrons. The minimum absolute atomic E-state index is 0.310. The molecule has 2 aromatic rings. The van der Waals surface area contributed by atoms with Crippen molar-refractivity contribution in [3.63, 3.8) is 0 Å². The highest BCUT2D eigenvalue weighted by atomic mass is 16.5. The number of rotatable bonds is 4. The van der Waals surface area contributed by atoms with Crippen LogP contribution in [0, 0.1) is 0 Å². The fourth-order valence-corrected chi connectivity index (χ4v) is 2.34. The van der Waals surface area contributed by atoms with Crippen LogP contribution in [-0.4, -0.2) is 23.7 Å². The normalized spacial score (nSPS) is 22.7. The summed E-state index contributed by atoms with van der Waals surface area (Å²) in [7, 11) is 2.07. The molecule has 0 N–H and O–H groups in total. The number of benzene rings is 1. The van der Waals surface area contributed by atoms with Gasteiger partial charge in [0.05, 0.1) is 18.8 Å². The van der Waals surface area contributed by atoms with Crippen molar-refractivity contribution in [3.05, 3.63) is 48.3 Å². The maximum Gasteiger partial charge on any atom is 0.143 e. The van der Waals surface area contributed by atoms with Gasteiger partial charge in [0.15, 0.2) is 0 Å². The highest BCUT2D eigenvalue weighted by molar-refractivity contribution is 6.31. The molecule has 1 aliphatic rings. The lowest BCUT2D eigenvalue weighted by molar-refractivity contribution is -0.0529. The molecule has 2 atom stereocenters. The third-order valence-corrected chi connectivity index (χ3v) is 3.55. The first-order chi connectivity index (χ1) is 8.83. The Hall–Kier alpha value is -1.55. The molecule has 1 fully saturated rings. The Bertz CT molecular complexity index is 512. The van der Waals surface area contributed by atoms with Gasteiger partial charge >= 0.3 is 0 Å². The largest absolute Gasteiger partial charge is 0.371 e. The Balaban J connectivity index is 1.58. The average molecular weight is 240 g/mol. The molecule has 1 aromatic heterocycles. The molecule has 0 amide bonds. The fraction of sp³-hybridized carbons (Fsp3) is 0.357. The lowest BCUT2D eigenvalue weighted by atomic mass is 9.89. The number of ether oxygens (including phenoxy) is 1. The van der Waals surface area contributed by atoms with Gasteiger partial charge in [-0.15, -0.1) is 0 Å². The first kappa shape index (κ1) is 11.5. The van der Waals surface area contributed by atoms with E-state index in [1.54, 1.807) is 0 Å². The maximum atomic E-state index is 5.98. The van der Waals surface area contributed by atoms with Gasteiger partial charge in [-0.1, -0.05) is 35.8 Å². The molecule has 0 bridgehead atoms. The molecule has 1 aliphatic carbocycles. The van der Waals surface area contributed by atoms with Crippen molar-refractivity contribution < 1.29 is 4.74 Å². The van der Waals surface area contributed by atoms with E-state index in [4.69, 9.17) is 4.74 Å². The zero-order valence-corrected chi connectivity index (χ0v) is 10.6.